The van der Waals surface area contributed by atoms with Gasteiger partial charge in [0.1, 0.15) is 0 Å². The number of anilines is 1. The molecule has 0 saturated carbocycles. The Morgan fingerprint density at radius 1 is 1.26 bits per heavy atom. The molecule has 1 N–H and O–H groups in total. The number of unbranched alkanes of at least 4 members (excludes halogenated alkanes) is 1. The Labute approximate surface area is 252 Å². The van der Waals surface area contributed by atoms with Gasteiger partial charge < -0.3 is 29.1 Å². The molecule has 11 nitrogen and oxygen atoms in total. The van der Waals surface area contributed by atoms with Crippen LogP contribution >= 0.6 is 0 Å². The van der Waals surface area contributed by atoms with Crippen LogP contribution in [0.15, 0.2) is 36.7 Å². The van der Waals surface area contributed by atoms with E-state index < -0.39 is 29.3 Å². The summed E-state index contributed by atoms with van der Waals surface area (Å²) in [6, 6.07) is 6.83. The van der Waals surface area contributed by atoms with E-state index in [0.29, 0.717) is 55.5 Å². The van der Waals surface area contributed by atoms with E-state index in [1.54, 1.807) is 23.4 Å². The summed E-state index contributed by atoms with van der Waals surface area (Å²) in [7, 11) is 1.54. The van der Waals surface area contributed by atoms with Gasteiger partial charge in [0.25, 0.3) is 0 Å². The van der Waals surface area contributed by atoms with Crippen molar-refractivity contribution in [1.29, 1.82) is 0 Å². The molecule has 2 saturated heterocycles. The van der Waals surface area contributed by atoms with Gasteiger partial charge in [0.2, 0.25) is 24.4 Å². The number of fused-ring (bicyclic) bond motifs is 1. The number of likely N-dealkylation sites (tertiary alicyclic amines) is 2. The second-order valence-electron chi connectivity index (χ2n) is 12.2. The smallest absolute Gasteiger partial charge is 0.308 e. The number of aromatic nitrogens is 1. The molecule has 0 bridgehead atoms. The lowest BCUT2D eigenvalue weighted by atomic mass is 9.84. The summed E-state index contributed by atoms with van der Waals surface area (Å²) in [5.74, 6) is -0.734. The number of ether oxygens (including phenoxy) is 3. The molecule has 0 spiro atoms. The minimum absolute atomic E-state index is 0.0463. The van der Waals surface area contributed by atoms with E-state index in [9.17, 15) is 19.5 Å². The third kappa shape index (κ3) is 6.27. The standard InChI is InChI=1S/C32H42N4O7/c1-5-6-12-36(22-8-7-11-33-17-22)27(37)19-35-18-23(21-15-25(41-4)29-26(16-21)42-20-43-29)28(30(38)39)24(35)9-13-34-14-10-32(2,3)31(34)40/h7-8,11,15-17,23-24,28H,5-6,9-10,12-14,18-20H2,1-4H3,(H,38,39). The van der Waals surface area contributed by atoms with E-state index in [1.807, 2.05) is 41.8 Å². The molecule has 3 atom stereocenters. The van der Waals surface area contributed by atoms with Crippen molar-refractivity contribution in [3.8, 4) is 17.2 Å². The largest absolute Gasteiger partial charge is 0.493 e. The summed E-state index contributed by atoms with van der Waals surface area (Å²) in [5, 5.41) is 10.6. The number of rotatable bonds is 12. The zero-order valence-electron chi connectivity index (χ0n) is 25.5. The van der Waals surface area contributed by atoms with E-state index in [0.717, 1.165) is 24.8 Å². The third-order valence-electron chi connectivity index (χ3n) is 9.04. The van der Waals surface area contributed by atoms with Gasteiger partial charge in [-0.15, -0.1) is 0 Å². The number of methoxy groups -OCH3 is 1. The Morgan fingerprint density at radius 2 is 2.07 bits per heavy atom. The number of carbonyl (C=O) groups excluding carboxylic acids is 2. The lowest BCUT2D eigenvalue weighted by Crippen LogP contribution is -2.46. The van der Waals surface area contributed by atoms with E-state index in [2.05, 4.69) is 11.9 Å². The molecule has 2 fully saturated rings. The van der Waals surface area contributed by atoms with Gasteiger partial charge in [0.15, 0.2) is 11.5 Å². The van der Waals surface area contributed by atoms with Crippen LogP contribution in [0.4, 0.5) is 5.69 Å². The first-order chi connectivity index (χ1) is 20.6. The molecule has 4 heterocycles. The minimum Gasteiger partial charge on any atom is -0.493 e. The predicted molar refractivity (Wildman–Crippen MR) is 159 cm³/mol. The summed E-state index contributed by atoms with van der Waals surface area (Å²) in [4.78, 5) is 49.7. The van der Waals surface area contributed by atoms with Crippen LogP contribution in [0.25, 0.3) is 0 Å². The molecule has 2 amide bonds. The Balaban J connectivity index is 1.46. The maximum absolute atomic E-state index is 13.9. The Kier molecular flexibility index (Phi) is 9.10. The van der Waals surface area contributed by atoms with Crippen LogP contribution in [-0.2, 0) is 14.4 Å². The van der Waals surface area contributed by atoms with Gasteiger partial charge in [-0.2, -0.15) is 0 Å². The highest BCUT2D eigenvalue weighted by molar-refractivity contribution is 5.94. The average Bonchev–Trinajstić information content (AvgIpc) is 3.68. The molecule has 2 aromatic rings. The van der Waals surface area contributed by atoms with E-state index in [-0.39, 0.29) is 25.2 Å². The zero-order valence-corrected chi connectivity index (χ0v) is 25.5. The SMILES string of the molecule is CCCCN(C(=O)CN1CC(c2cc(OC)c3c(c2)OCO3)C(C(=O)O)C1CCN1CCC(C)(C)C1=O)c1cccnc1. The van der Waals surface area contributed by atoms with Gasteiger partial charge in [-0.3, -0.25) is 24.3 Å². The fourth-order valence-corrected chi connectivity index (χ4v) is 6.59. The summed E-state index contributed by atoms with van der Waals surface area (Å²) < 4.78 is 16.8. The number of carboxylic acid groups (broad SMARTS) is 1. The van der Waals surface area contributed by atoms with Crippen molar-refractivity contribution in [1.82, 2.24) is 14.8 Å². The van der Waals surface area contributed by atoms with Crippen molar-refractivity contribution >= 4 is 23.5 Å². The maximum atomic E-state index is 13.9. The van der Waals surface area contributed by atoms with Crippen molar-refractivity contribution in [2.24, 2.45) is 11.3 Å². The molecule has 1 aromatic heterocycles. The second-order valence-corrected chi connectivity index (χ2v) is 12.2. The highest BCUT2D eigenvalue weighted by Gasteiger charge is 2.48. The molecule has 232 valence electrons. The molecule has 43 heavy (non-hydrogen) atoms. The molecule has 3 aliphatic rings. The summed E-state index contributed by atoms with van der Waals surface area (Å²) in [5.41, 5.74) is 1.04. The zero-order chi connectivity index (χ0) is 30.7. The molecule has 3 unspecified atom stereocenters. The monoisotopic (exact) mass is 594 g/mol. The number of amides is 2. The first kappa shape index (κ1) is 30.6. The van der Waals surface area contributed by atoms with Crippen LogP contribution in [0.5, 0.6) is 17.2 Å². The van der Waals surface area contributed by atoms with E-state index >= 15 is 0 Å². The van der Waals surface area contributed by atoms with Gasteiger partial charge in [0, 0.05) is 49.8 Å². The Bertz CT molecular complexity index is 1330. The first-order valence-electron chi connectivity index (χ1n) is 15.1. The van der Waals surface area contributed by atoms with Gasteiger partial charge in [-0.1, -0.05) is 27.2 Å². The van der Waals surface area contributed by atoms with Gasteiger partial charge in [-0.25, -0.2) is 0 Å². The Morgan fingerprint density at radius 3 is 2.72 bits per heavy atom. The number of aliphatic carboxylic acids is 1. The number of hydrogen-bond donors (Lipinski definition) is 1. The van der Waals surface area contributed by atoms with Crippen LogP contribution < -0.4 is 19.1 Å². The summed E-state index contributed by atoms with van der Waals surface area (Å²) in [6.45, 7) is 8.05. The van der Waals surface area contributed by atoms with Crippen LogP contribution in [0.3, 0.4) is 0 Å². The van der Waals surface area contributed by atoms with E-state index in [4.69, 9.17) is 14.2 Å². The third-order valence-corrected chi connectivity index (χ3v) is 9.04. The average molecular weight is 595 g/mol. The van der Waals surface area contributed by atoms with Crippen LogP contribution in [0, 0.1) is 11.3 Å². The Hall–Kier alpha value is -3.86. The van der Waals surface area contributed by atoms with Gasteiger partial charge in [-0.05, 0) is 49.1 Å². The van der Waals surface area contributed by atoms with Crippen molar-refractivity contribution in [3.63, 3.8) is 0 Å². The first-order valence-corrected chi connectivity index (χ1v) is 15.1. The van der Waals surface area contributed by atoms with Gasteiger partial charge >= 0.3 is 5.97 Å². The summed E-state index contributed by atoms with van der Waals surface area (Å²) >= 11 is 0. The molecular weight excluding hydrogens is 552 g/mol. The molecule has 0 aliphatic carbocycles. The lowest BCUT2D eigenvalue weighted by molar-refractivity contribution is -0.143. The topological polar surface area (TPSA) is 122 Å². The van der Waals surface area contributed by atoms with Gasteiger partial charge in [0.05, 0.1) is 31.5 Å². The normalized spacial score (nSPS) is 22.7. The number of pyridine rings is 1. The predicted octanol–water partition coefficient (Wildman–Crippen LogP) is 3.77. The van der Waals surface area contributed by atoms with Crippen molar-refractivity contribution in [2.75, 3.05) is 51.5 Å². The molecule has 3 aliphatic heterocycles. The molecular formula is C32H42N4O7. The summed E-state index contributed by atoms with van der Waals surface area (Å²) in [6.07, 6.45) is 6.30. The van der Waals surface area contributed by atoms with Crippen molar-refractivity contribution in [2.45, 2.75) is 58.4 Å². The highest BCUT2D eigenvalue weighted by Crippen LogP contribution is 2.47. The highest BCUT2D eigenvalue weighted by atomic mass is 16.7. The number of hydrogen-bond acceptors (Lipinski definition) is 8. The fourth-order valence-electron chi connectivity index (χ4n) is 6.59. The minimum atomic E-state index is -0.940. The van der Waals surface area contributed by atoms with Crippen LogP contribution in [0.2, 0.25) is 0 Å². The number of carbonyl (C=O) groups is 3. The number of carboxylic acids is 1. The number of benzene rings is 1. The maximum Gasteiger partial charge on any atom is 0.308 e. The molecule has 11 heteroatoms. The second kappa shape index (κ2) is 12.8. The van der Waals surface area contributed by atoms with Crippen LogP contribution in [0.1, 0.15) is 57.9 Å². The van der Waals surface area contributed by atoms with Crippen molar-refractivity contribution < 1.29 is 33.7 Å². The van der Waals surface area contributed by atoms with Crippen LogP contribution in [-0.4, -0.2) is 90.3 Å². The quantitative estimate of drug-likeness (QED) is 0.391. The van der Waals surface area contributed by atoms with E-state index in [1.165, 1.54) is 7.11 Å². The lowest BCUT2D eigenvalue weighted by Gasteiger charge is -2.31. The van der Waals surface area contributed by atoms with Crippen molar-refractivity contribution in [3.05, 3.63) is 42.2 Å². The fraction of sp³-hybridized carbons (Fsp3) is 0.562. The number of nitrogens with zero attached hydrogens (tertiary/aromatic N) is 4. The molecule has 5 rings (SSSR count). The molecule has 1 aromatic carbocycles. The molecule has 0 radical (unpaired) electrons.